The standard InChI is InChI=1S/C15H26N2S/c1-15(2,3)13-8-7-12(18-13)14-11(10-16)6-5-9-17(14)4/h7-8,11,14H,5-6,9-10,16H2,1-4H3. The van der Waals surface area contributed by atoms with Crippen LogP contribution in [0.4, 0.5) is 0 Å². The SMILES string of the molecule is CN1CCCC(CN)C1c1ccc(C(C)(C)C)s1. The predicted octanol–water partition coefficient (Wildman–Crippen LogP) is 3.39. The first kappa shape index (κ1) is 14.0. The molecule has 1 aromatic heterocycles. The van der Waals surface area contributed by atoms with Gasteiger partial charge >= 0.3 is 0 Å². The summed E-state index contributed by atoms with van der Waals surface area (Å²) in [5, 5.41) is 0. The Morgan fingerprint density at radius 3 is 2.67 bits per heavy atom. The minimum absolute atomic E-state index is 0.258. The molecule has 2 rings (SSSR count). The molecule has 0 bridgehead atoms. The average molecular weight is 266 g/mol. The van der Waals surface area contributed by atoms with Crippen LogP contribution < -0.4 is 5.73 Å². The highest BCUT2D eigenvalue weighted by Gasteiger charge is 2.31. The topological polar surface area (TPSA) is 29.3 Å². The van der Waals surface area contributed by atoms with Crippen molar-refractivity contribution in [3.63, 3.8) is 0 Å². The predicted molar refractivity (Wildman–Crippen MR) is 80.2 cm³/mol. The molecule has 1 aromatic rings. The molecule has 1 aliphatic rings. The van der Waals surface area contributed by atoms with Crippen LogP contribution in [0.2, 0.25) is 0 Å². The number of nitrogens with zero attached hydrogens (tertiary/aromatic N) is 1. The first-order valence-corrected chi connectivity index (χ1v) is 7.75. The first-order valence-electron chi connectivity index (χ1n) is 6.94. The van der Waals surface area contributed by atoms with E-state index >= 15 is 0 Å². The van der Waals surface area contributed by atoms with Crippen LogP contribution in [-0.2, 0) is 5.41 Å². The van der Waals surface area contributed by atoms with Gasteiger partial charge in [-0.3, -0.25) is 4.90 Å². The maximum Gasteiger partial charge on any atom is 0.0478 e. The summed E-state index contributed by atoms with van der Waals surface area (Å²) in [6, 6.07) is 5.15. The maximum absolute atomic E-state index is 5.96. The number of hydrogen-bond acceptors (Lipinski definition) is 3. The van der Waals surface area contributed by atoms with Crippen molar-refractivity contribution >= 4 is 11.3 Å². The van der Waals surface area contributed by atoms with Gasteiger partial charge in [-0.25, -0.2) is 0 Å². The zero-order chi connectivity index (χ0) is 13.3. The van der Waals surface area contributed by atoms with Crippen LogP contribution in [0, 0.1) is 5.92 Å². The van der Waals surface area contributed by atoms with Crippen LogP contribution in [0.1, 0.15) is 49.4 Å². The average Bonchev–Trinajstić information content (AvgIpc) is 2.77. The molecular weight excluding hydrogens is 240 g/mol. The van der Waals surface area contributed by atoms with Crippen LogP contribution in [0.15, 0.2) is 12.1 Å². The molecule has 1 fully saturated rings. The zero-order valence-corrected chi connectivity index (χ0v) is 12.9. The van der Waals surface area contributed by atoms with E-state index in [0.29, 0.717) is 12.0 Å². The fraction of sp³-hybridized carbons (Fsp3) is 0.733. The summed E-state index contributed by atoms with van der Waals surface area (Å²) in [6.45, 7) is 8.86. The Labute approximate surface area is 115 Å². The molecular formula is C15H26N2S. The normalized spacial score (nSPS) is 26.5. The number of hydrogen-bond donors (Lipinski definition) is 1. The van der Waals surface area contributed by atoms with Crippen molar-refractivity contribution in [1.29, 1.82) is 0 Å². The van der Waals surface area contributed by atoms with Crippen molar-refractivity contribution < 1.29 is 0 Å². The van der Waals surface area contributed by atoms with Gasteiger partial charge in [0.1, 0.15) is 0 Å². The van der Waals surface area contributed by atoms with Gasteiger partial charge in [0.15, 0.2) is 0 Å². The number of rotatable bonds is 2. The van der Waals surface area contributed by atoms with Crippen molar-refractivity contribution in [1.82, 2.24) is 4.90 Å². The van der Waals surface area contributed by atoms with E-state index in [9.17, 15) is 0 Å². The molecule has 18 heavy (non-hydrogen) atoms. The van der Waals surface area contributed by atoms with Gasteiger partial charge < -0.3 is 5.73 Å². The molecule has 0 radical (unpaired) electrons. The summed E-state index contributed by atoms with van der Waals surface area (Å²) >= 11 is 1.97. The summed E-state index contributed by atoms with van der Waals surface area (Å²) in [5.41, 5.74) is 6.22. The second-order valence-corrected chi connectivity index (χ2v) is 7.63. The molecule has 0 aromatic carbocycles. The highest BCUT2D eigenvalue weighted by atomic mass is 32.1. The monoisotopic (exact) mass is 266 g/mol. The third kappa shape index (κ3) is 2.79. The Hall–Kier alpha value is -0.380. The molecule has 2 heterocycles. The highest BCUT2D eigenvalue weighted by molar-refractivity contribution is 7.12. The van der Waals surface area contributed by atoms with Gasteiger partial charge in [-0.05, 0) is 56.4 Å². The van der Waals surface area contributed by atoms with Crippen LogP contribution in [-0.4, -0.2) is 25.0 Å². The second kappa shape index (κ2) is 5.32. The number of piperidine rings is 1. The summed E-state index contributed by atoms with van der Waals surface area (Å²) in [4.78, 5) is 5.46. The quantitative estimate of drug-likeness (QED) is 0.889. The summed E-state index contributed by atoms with van der Waals surface area (Å²) in [5.74, 6) is 0.621. The molecule has 3 heteroatoms. The Morgan fingerprint density at radius 1 is 1.39 bits per heavy atom. The molecule has 1 aliphatic heterocycles. The Balaban J connectivity index is 2.25. The van der Waals surface area contributed by atoms with E-state index in [2.05, 4.69) is 44.9 Å². The van der Waals surface area contributed by atoms with E-state index in [4.69, 9.17) is 5.73 Å². The largest absolute Gasteiger partial charge is 0.330 e. The third-order valence-electron chi connectivity index (χ3n) is 3.97. The Kier molecular flexibility index (Phi) is 4.15. The second-order valence-electron chi connectivity index (χ2n) is 6.52. The Bertz CT molecular complexity index is 391. The molecule has 1 saturated heterocycles. The van der Waals surface area contributed by atoms with Crippen LogP contribution in [0.5, 0.6) is 0 Å². The van der Waals surface area contributed by atoms with Crippen LogP contribution >= 0.6 is 11.3 Å². The van der Waals surface area contributed by atoms with E-state index < -0.39 is 0 Å². The van der Waals surface area contributed by atoms with Crippen molar-refractivity contribution in [3.8, 4) is 0 Å². The lowest BCUT2D eigenvalue weighted by Crippen LogP contribution is -2.38. The van der Waals surface area contributed by atoms with E-state index in [-0.39, 0.29) is 5.41 Å². The maximum atomic E-state index is 5.96. The zero-order valence-electron chi connectivity index (χ0n) is 12.1. The molecule has 2 nitrogen and oxygen atoms in total. The summed E-state index contributed by atoms with van der Waals surface area (Å²) in [6.07, 6.45) is 2.56. The van der Waals surface area contributed by atoms with E-state index in [1.165, 1.54) is 29.1 Å². The number of nitrogens with two attached hydrogens (primary N) is 1. The van der Waals surface area contributed by atoms with Crippen molar-refractivity contribution in [3.05, 3.63) is 21.9 Å². The van der Waals surface area contributed by atoms with Crippen LogP contribution in [0.3, 0.4) is 0 Å². The molecule has 2 N–H and O–H groups in total. The Morgan fingerprint density at radius 2 is 2.11 bits per heavy atom. The van der Waals surface area contributed by atoms with E-state index in [0.717, 1.165) is 6.54 Å². The highest BCUT2D eigenvalue weighted by Crippen LogP contribution is 2.40. The van der Waals surface area contributed by atoms with E-state index in [1.54, 1.807) is 0 Å². The lowest BCUT2D eigenvalue weighted by Gasteiger charge is -2.38. The molecule has 102 valence electrons. The van der Waals surface area contributed by atoms with Gasteiger partial charge in [0.2, 0.25) is 0 Å². The summed E-state index contributed by atoms with van der Waals surface area (Å²) < 4.78 is 0. The fourth-order valence-corrected chi connectivity index (χ4v) is 4.20. The smallest absolute Gasteiger partial charge is 0.0478 e. The lowest BCUT2D eigenvalue weighted by molar-refractivity contribution is 0.128. The number of thiophene rings is 1. The van der Waals surface area contributed by atoms with Crippen LogP contribution in [0.25, 0.3) is 0 Å². The molecule has 2 atom stereocenters. The van der Waals surface area contributed by atoms with Gasteiger partial charge in [-0.1, -0.05) is 20.8 Å². The van der Waals surface area contributed by atoms with E-state index in [1.807, 2.05) is 11.3 Å². The molecule has 0 saturated carbocycles. The molecule has 0 aliphatic carbocycles. The van der Waals surface area contributed by atoms with Gasteiger partial charge in [0.25, 0.3) is 0 Å². The van der Waals surface area contributed by atoms with Crippen molar-refractivity contribution in [2.45, 2.75) is 45.1 Å². The minimum atomic E-state index is 0.258. The molecule has 0 spiro atoms. The van der Waals surface area contributed by atoms with Gasteiger partial charge in [0.05, 0.1) is 0 Å². The molecule has 0 amide bonds. The minimum Gasteiger partial charge on any atom is -0.330 e. The number of likely N-dealkylation sites (tertiary alicyclic amines) is 1. The van der Waals surface area contributed by atoms with Crippen molar-refractivity contribution in [2.24, 2.45) is 11.7 Å². The van der Waals surface area contributed by atoms with Gasteiger partial charge in [-0.15, -0.1) is 11.3 Å². The lowest BCUT2D eigenvalue weighted by atomic mass is 9.88. The summed E-state index contributed by atoms with van der Waals surface area (Å²) in [7, 11) is 2.24. The van der Waals surface area contributed by atoms with Crippen molar-refractivity contribution in [2.75, 3.05) is 20.1 Å². The molecule has 2 unspecified atom stereocenters. The van der Waals surface area contributed by atoms with Gasteiger partial charge in [0, 0.05) is 15.8 Å². The first-order chi connectivity index (χ1) is 8.43. The van der Waals surface area contributed by atoms with Gasteiger partial charge in [-0.2, -0.15) is 0 Å². The fourth-order valence-electron chi connectivity index (χ4n) is 2.87. The third-order valence-corrected chi connectivity index (χ3v) is 5.55.